The van der Waals surface area contributed by atoms with E-state index < -0.39 is 4.92 Å². The molecule has 0 unspecified atom stereocenters. The maximum atomic E-state index is 13.0. The molecule has 3 aromatic rings. The Morgan fingerprint density at radius 2 is 1.81 bits per heavy atom. The van der Waals surface area contributed by atoms with Crippen molar-refractivity contribution in [2.45, 2.75) is 16.3 Å². The lowest BCUT2D eigenvalue weighted by atomic mass is 10.1. The molecule has 0 bridgehead atoms. The second-order valence-electron chi connectivity index (χ2n) is 6.79. The van der Waals surface area contributed by atoms with Gasteiger partial charge in [0.25, 0.3) is 11.6 Å². The SMILES string of the molecule is O=C1C(=Cc2cc([N+](=O)[O-])ccc2Sc2ccc(Cl)cc2)SC(=S)N1Cc1ccccc1. The summed E-state index contributed by atoms with van der Waals surface area (Å²) < 4.78 is 0.461. The zero-order chi connectivity index (χ0) is 22.7. The first kappa shape index (κ1) is 22.5. The molecule has 0 saturated carbocycles. The molecule has 3 aromatic carbocycles. The molecular weight excluding hydrogens is 484 g/mol. The fraction of sp³-hybridized carbons (Fsp3) is 0.0435. The van der Waals surface area contributed by atoms with Gasteiger partial charge in [0, 0.05) is 26.9 Å². The number of thiocarbonyl (C=S) groups is 1. The Hall–Kier alpha value is -2.65. The van der Waals surface area contributed by atoms with Gasteiger partial charge in [0.2, 0.25) is 0 Å². The van der Waals surface area contributed by atoms with Crippen LogP contribution in [0.5, 0.6) is 0 Å². The summed E-state index contributed by atoms with van der Waals surface area (Å²) in [7, 11) is 0. The van der Waals surface area contributed by atoms with Crippen molar-refractivity contribution in [3.63, 3.8) is 0 Å². The Morgan fingerprint density at radius 1 is 1.09 bits per heavy atom. The Balaban J connectivity index is 1.66. The van der Waals surface area contributed by atoms with E-state index in [4.69, 9.17) is 23.8 Å². The summed E-state index contributed by atoms with van der Waals surface area (Å²) in [5.41, 5.74) is 1.51. The van der Waals surface area contributed by atoms with Crippen molar-refractivity contribution in [1.29, 1.82) is 0 Å². The number of halogens is 1. The molecule has 0 N–H and O–H groups in total. The van der Waals surface area contributed by atoms with Crippen LogP contribution in [-0.2, 0) is 11.3 Å². The molecule has 32 heavy (non-hydrogen) atoms. The standard InChI is InChI=1S/C23H15ClN2O3S3/c24-17-6-9-19(10-7-17)31-20-11-8-18(26(28)29)12-16(20)13-21-22(27)25(23(30)32-21)14-15-4-2-1-3-5-15/h1-13H,14H2. The summed E-state index contributed by atoms with van der Waals surface area (Å²) in [5.74, 6) is -0.210. The van der Waals surface area contributed by atoms with Crippen LogP contribution >= 0.6 is 47.3 Å². The zero-order valence-electron chi connectivity index (χ0n) is 16.4. The van der Waals surface area contributed by atoms with Crippen molar-refractivity contribution in [2.75, 3.05) is 0 Å². The summed E-state index contributed by atoms with van der Waals surface area (Å²) in [6.07, 6.45) is 1.68. The molecular formula is C23H15ClN2O3S3. The highest BCUT2D eigenvalue weighted by atomic mass is 35.5. The molecule has 9 heteroatoms. The van der Waals surface area contributed by atoms with Gasteiger partial charge >= 0.3 is 0 Å². The molecule has 1 aliphatic rings. The third-order valence-corrected chi connectivity index (χ3v) is 7.32. The molecule has 1 aliphatic heterocycles. The smallest absolute Gasteiger partial charge is 0.270 e. The Morgan fingerprint density at radius 3 is 2.50 bits per heavy atom. The normalized spacial score (nSPS) is 14.9. The van der Waals surface area contributed by atoms with E-state index in [1.165, 1.54) is 35.7 Å². The molecule has 0 aromatic heterocycles. The summed E-state index contributed by atoms with van der Waals surface area (Å²) in [6.45, 7) is 0.379. The van der Waals surface area contributed by atoms with Crippen molar-refractivity contribution in [3.8, 4) is 0 Å². The van der Waals surface area contributed by atoms with Gasteiger partial charge in [-0.05, 0) is 47.5 Å². The lowest BCUT2D eigenvalue weighted by molar-refractivity contribution is -0.384. The van der Waals surface area contributed by atoms with Gasteiger partial charge < -0.3 is 0 Å². The fourth-order valence-electron chi connectivity index (χ4n) is 3.03. The van der Waals surface area contributed by atoms with Crippen LogP contribution in [0.25, 0.3) is 6.08 Å². The van der Waals surface area contributed by atoms with E-state index in [1.807, 2.05) is 42.5 Å². The average Bonchev–Trinajstić information content (AvgIpc) is 3.04. The highest BCUT2D eigenvalue weighted by Crippen LogP contribution is 2.38. The quantitative estimate of drug-likeness (QED) is 0.161. The lowest BCUT2D eigenvalue weighted by Gasteiger charge is -2.14. The van der Waals surface area contributed by atoms with E-state index in [-0.39, 0.29) is 11.6 Å². The molecule has 5 nitrogen and oxygen atoms in total. The van der Waals surface area contributed by atoms with Crippen molar-refractivity contribution >= 4 is 69.3 Å². The van der Waals surface area contributed by atoms with Gasteiger partial charge in [0.05, 0.1) is 16.4 Å². The third kappa shape index (κ3) is 5.21. The van der Waals surface area contributed by atoms with E-state index in [2.05, 4.69) is 0 Å². The monoisotopic (exact) mass is 498 g/mol. The first-order valence-electron chi connectivity index (χ1n) is 9.42. The molecule has 0 atom stereocenters. The number of hydrogen-bond donors (Lipinski definition) is 0. The lowest BCUT2D eigenvalue weighted by Crippen LogP contribution is -2.27. The molecule has 1 amide bonds. The van der Waals surface area contributed by atoms with E-state index in [9.17, 15) is 14.9 Å². The van der Waals surface area contributed by atoms with Crippen LogP contribution in [0.2, 0.25) is 5.02 Å². The molecule has 4 rings (SSSR count). The summed E-state index contributed by atoms with van der Waals surface area (Å²) in [4.78, 5) is 27.6. The predicted octanol–water partition coefficient (Wildman–Crippen LogP) is 6.80. The molecule has 0 radical (unpaired) electrons. The molecule has 1 saturated heterocycles. The first-order valence-corrected chi connectivity index (χ1v) is 11.8. The number of thioether (sulfide) groups is 1. The number of nitrogens with zero attached hydrogens (tertiary/aromatic N) is 2. The van der Waals surface area contributed by atoms with E-state index in [0.29, 0.717) is 26.4 Å². The van der Waals surface area contributed by atoms with Gasteiger partial charge in [-0.25, -0.2) is 0 Å². The van der Waals surface area contributed by atoms with Crippen LogP contribution in [0.4, 0.5) is 5.69 Å². The number of amides is 1. The van der Waals surface area contributed by atoms with Gasteiger partial charge in [-0.2, -0.15) is 0 Å². The first-order chi connectivity index (χ1) is 15.4. The highest BCUT2D eigenvalue weighted by Gasteiger charge is 2.32. The minimum absolute atomic E-state index is 0.0449. The van der Waals surface area contributed by atoms with Gasteiger partial charge in [0.1, 0.15) is 4.32 Å². The largest absolute Gasteiger partial charge is 0.288 e. The van der Waals surface area contributed by atoms with Gasteiger partial charge in [-0.15, -0.1) is 0 Å². The fourth-order valence-corrected chi connectivity index (χ4v) is 5.30. The maximum Gasteiger partial charge on any atom is 0.270 e. The van der Waals surface area contributed by atoms with Crippen LogP contribution in [0.1, 0.15) is 11.1 Å². The van der Waals surface area contributed by atoms with E-state index in [1.54, 1.807) is 29.2 Å². The summed E-state index contributed by atoms with van der Waals surface area (Å²) >= 11 is 14.0. The van der Waals surface area contributed by atoms with Crippen molar-refractivity contribution in [1.82, 2.24) is 4.90 Å². The highest BCUT2D eigenvalue weighted by molar-refractivity contribution is 8.26. The van der Waals surface area contributed by atoms with Crippen LogP contribution in [0.3, 0.4) is 0 Å². The average molecular weight is 499 g/mol. The Bertz CT molecular complexity index is 1230. The summed E-state index contributed by atoms with van der Waals surface area (Å²) in [5, 5.41) is 12.0. The third-order valence-electron chi connectivity index (χ3n) is 4.59. The van der Waals surface area contributed by atoms with Crippen molar-refractivity contribution < 1.29 is 9.72 Å². The molecule has 160 valence electrons. The molecule has 1 fully saturated rings. The van der Waals surface area contributed by atoms with Crippen LogP contribution < -0.4 is 0 Å². The van der Waals surface area contributed by atoms with Crippen LogP contribution in [0, 0.1) is 10.1 Å². The van der Waals surface area contributed by atoms with Gasteiger partial charge in [-0.3, -0.25) is 19.8 Å². The number of rotatable bonds is 6. The number of non-ortho nitro benzene ring substituents is 1. The van der Waals surface area contributed by atoms with Crippen LogP contribution in [0.15, 0.2) is 87.5 Å². The Labute approximate surface area is 203 Å². The van der Waals surface area contributed by atoms with Gasteiger partial charge in [-0.1, -0.05) is 77.7 Å². The number of carbonyl (C=O) groups excluding carboxylic acids is 1. The van der Waals surface area contributed by atoms with Crippen molar-refractivity contribution in [3.05, 3.63) is 104 Å². The maximum absolute atomic E-state index is 13.0. The van der Waals surface area contributed by atoms with Crippen LogP contribution in [-0.4, -0.2) is 20.1 Å². The second-order valence-corrected chi connectivity index (χ2v) is 10.0. The van der Waals surface area contributed by atoms with E-state index in [0.717, 1.165) is 15.4 Å². The molecule has 1 heterocycles. The second kappa shape index (κ2) is 9.87. The number of hydrogen-bond acceptors (Lipinski definition) is 6. The Kier molecular flexibility index (Phi) is 6.95. The number of carbonyl (C=O) groups is 1. The number of nitro benzene ring substituents is 1. The zero-order valence-corrected chi connectivity index (χ0v) is 19.6. The molecule has 0 aliphatic carbocycles. The minimum atomic E-state index is -0.450. The molecule has 0 spiro atoms. The number of nitro groups is 1. The van der Waals surface area contributed by atoms with Gasteiger partial charge in [0.15, 0.2) is 0 Å². The minimum Gasteiger partial charge on any atom is -0.288 e. The van der Waals surface area contributed by atoms with Crippen molar-refractivity contribution in [2.24, 2.45) is 0 Å². The van der Waals surface area contributed by atoms with E-state index >= 15 is 0 Å². The predicted molar refractivity (Wildman–Crippen MR) is 134 cm³/mol. The number of benzene rings is 3. The topological polar surface area (TPSA) is 63.4 Å². The summed E-state index contributed by atoms with van der Waals surface area (Å²) in [6, 6.07) is 21.5.